The molecule has 94 valence electrons. The van der Waals surface area contributed by atoms with E-state index in [0.29, 0.717) is 5.16 Å². The summed E-state index contributed by atoms with van der Waals surface area (Å²) >= 11 is 10.4. The molecule has 0 fully saturated rings. The second kappa shape index (κ2) is 4.37. The minimum Gasteiger partial charge on any atom is -0.369 e. The van der Waals surface area contributed by atoms with Crippen molar-refractivity contribution < 1.29 is 14.1 Å². The van der Waals surface area contributed by atoms with Gasteiger partial charge in [-0.25, -0.2) is 14.4 Å². The van der Waals surface area contributed by atoms with E-state index in [1.165, 1.54) is 11.8 Å². The van der Waals surface area contributed by atoms with Crippen LogP contribution in [0.4, 0.5) is 4.39 Å². The molecule has 9 heteroatoms. The molecule has 1 aromatic heterocycles. The van der Waals surface area contributed by atoms with Crippen molar-refractivity contribution in [2.45, 2.75) is 5.16 Å². The molecule has 0 saturated heterocycles. The van der Waals surface area contributed by atoms with Gasteiger partial charge in [0.05, 0.1) is 5.39 Å². The van der Waals surface area contributed by atoms with Crippen molar-refractivity contribution in [3.63, 3.8) is 0 Å². The maximum absolute atomic E-state index is 14.2. The Balaban J connectivity index is 2.48. The lowest BCUT2D eigenvalue weighted by atomic mass is 10.2. The Morgan fingerprint density at radius 3 is 2.78 bits per heavy atom. The van der Waals surface area contributed by atoms with Gasteiger partial charge in [-0.2, -0.15) is 0 Å². The highest BCUT2D eigenvalue weighted by Gasteiger charge is 2.29. The molecule has 2 heterocycles. The van der Waals surface area contributed by atoms with Gasteiger partial charge in [-0.1, -0.05) is 23.4 Å². The summed E-state index contributed by atoms with van der Waals surface area (Å²) in [6, 6.07) is 0. The Labute approximate surface area is 118 Å². The van der Waals surface area contributed by atoms with Gasteiger partial charge in [0.2, 0.25) is 11.5 Å². The van der Waals surface area contributed by atoms with E-state index in [0.717, 1.165) is 0 Å². The second-order valence-electron chi connectivity index (χ2n) is 3.30. The van der Waals surface area contributed by atoms with E-state index in [9.17, 15) is 4.39 Å². The second-order valence-corrected chi connectivity index (χ2v) is 5.22. The highest BCUT2D eigenvalue weighted by atomic mass is 79.9. The Hall–Kier alpha value is -0.830. The van der Waals surface area contributed by atoms with E-state index < -0.39 is 5.82 Å². The van der Waals surface area contributed by atoms with Crippen molar-refractivity contribution in [1.82, 2.24) is 15.6 Å². The number of benzene rings is 1. The monoisotopic (exact) mass is 351 g/mol. The smallest absolute Gasteiger partial charge is 0.213 e. The Morgan fingerprint density at radius 2 is 2.06 bits per heavy atom. The third-order valence-electron chi connectivity index (χ3n) is 2.35. The van der Waals surface area contributed by atoms with Gasteiger partial charge in [-0.15, -0.1) is 0 Å². The molecular weight excluding hydrogens is 349 g/mol. The van der Waals surface area contributed by atoms with Crippen LogP contribution in [-0.4, -0.2) is 16.2 Å². The van der Waals surface area contributed by atoms with Gasteiger partial charge in [0, 0.05) is 5.64 Å². The SMILES string of the molecule is CSc1nc(Cl)c2c3c(c(Br)c(F)c2n1)ONO3. The van der Waals surface area contributed by atoms with Crippen molar-refractivity contribution in [3.05, 3.63) is 15.4 Å². The fourth-order valence-corrected chi connectivity index (χ4v) is 2.69. The summed E-state index contributed by atoms with van der Waals surface area (Å²) in [5, 5.41) is 0.764. The molecule has 1 aromatic carbocycles. The van der Waals surface area contributed by atoms with Crippen LogP contribution in [-0.2, 0) is 0 Å². The number of aromatic nitrogens is 2. The number of nitrogens with one attached hydrogen (secondary N) is 1. The molecule has 0 atom stereocenters. The van der Waals surface area contributed by atoms with Gasteiger partial charge in [-0.05, 0) is 22.2 Å². The van der Waals surface area contributed by atoms with E-state index in [2.05, 4.69) is 31.5 Å². The molecule has 0 amide bonds. The van der Waals surface area contributed by atoms with Crippen LogP contribution in [0.3, 0.4) is 0 Å². The van der Waals surface area contributed by atoms with Crippen LogP contribution in [0.25, 0.3) is 10.9 Å². The standard InChI is InChI=1S/C9H4BrClFN3O2S/c1-18-9-13-5-2(8(11)14-9)6-7(17-15-16-6)3(10)4(5)12/h15H,1H3. The van der Waals surface area contributed by atoms with Crippen LogP contribution in [0.2, 0.25) is 5.15 Å². The summed E-state index contributed by atoms with van der Waals surface area (Å²) in [7, 11) is 0. The van der Waals surface area contributed by atoms with E-state index in [4.69, 9.17) is 21.3 Å². The van der Waals surface area contributed by atoms with Gasteiger partial charge in [0.1, 0.15) is 15.1 Å². The van der Waals surface area contributed by atoms with Crippen LogP contribution in [0.5, 0.6) is 11.5 Å². The van der Waals surface area contributed by atoms with Crippen molar-refractivity contribution in [2.75, 3.05) is 6.26 Å². The fraction of sp³-hybridized carbons (Fsp3) is 0.111. The molecule has 18 heavy (non-hydrogen) atoms. The van der Waals surface area contributed by atoms with Crippen LogP contribution in [0.1, 0.15) is 0 Å². The number of nitrogens with zero attached hydrogens (tertiary/aromatic N) is 2. The normalized spacial score (nSPS) is 13.3. The molecule has 2 aromatic rings. The lowest BCUT2D eigenvalue weighted by Gasteiger charge is -2.07. The van der Waals surface area contributed by atoms with Gasteiger partial charge >= 0.3 is 0 Å². The first-order chi connectivity index (χ1) is 8.63. The molecule has 0 bridgehead atoms. The predicted octanol–water partition coefficient (Wildman–Crippen LogP) is 3.10. The maximum atomic E-state index is 14.2. The third kappa shape index (κ3) is 1.63. The highest BCUT2D eigenvalue weighted by molar-refractivity contribution is 9.10. The van der Waals surface area contributed by atoms with Gasteiger partial charge < -0.3 is 9.68 Å². The predicted molar refractivity (Wildman–Crippen MR) is 68.4 cm³/mol. The molecule has 0 radical (unpaired) electrons. The summed E-state index contributed by atoms with van der Waals surface area (Å²) in [4.78, 5) is 18.1. The molecule has 0 saturated carbocycles. The lowest BCUT2D eigenvalue weighted by Crippen LogP contribution is -2.14. The molecule has 1 N–H and O–H groups in total. The number of rotatable bonds is 1. The summed E-state index contributed by atoms with van der Waals surface area (Å²) in [5.74, 6) is -0.131. The summed E-state index contributed by atoms with van der Waals surface area (Å²) in [6.07, 6.45) is 1.78. The first kappa shape index (κ1) is 12.2. The zero-order chi connectivity index (χ0) is 12.9. The molecule has 3 rings (SSSR count). The zero-order valence-corrected chi connectivity index (χ0v) is 11.9. The zero-order valence-electron chi connectivity index (χ0n) is 8.75. The molecular formula is C9H4BrClFN3O2S. The Kier molecular flexibility index (Phi) is 2.97. The van der Waals surface area contributed by atoms with Gasteiger partial charge in [0.25, 0.3) is 0 Å². The first-order valence-corrected chi connectivity index (χ1v) is 7.04. The van der Waals surface area contributed by atoms with Crippen molar-refractivity contribution in [3.8, 4) is 11.5 Å². The van der Waals surface area contributed by atoms with E-state index >= 15 is 0 Å². The molecule has 0 aliphatic carbocycles. The number of hydrogen-bond acceptors (Lipinski definition) is 6. The van der Waals surface area contributed by atoms with Crippen LogP contribution in [0, 0.1) is 5.82 Å². The van der Waals surface area contributed by atoms with Crippen molar-refractivity contribution in [2.24, 2.45) is 0 Å². The number of hydrogen-bond donors (Lipinski definition) is 1. The summed E-state index contributed by atoms with van der Waals surface area (Å²) in [6.45, 7) is 0. The largest absolute Gasteiger partial charge is 0.369 e. The third-order valence-corrected chi connectivity index (χ3v) is 3.88. The highest BCUT2D eigenvalue weighted by Crippen LogP contribution is 2.47. The maximum Gasteiger partial charge on any atom is 0.213 e. The molecule has 1 aliphatic rings. The average Bonchev–Trinajstić information content (AvgIpc) is 2.84. The van der Waals surface area contributed by atoms with Gasteiger partial charge in [-0.3, -0.25) is 0 Å². The summed E-state index contributed by atoms with van der Waals surface area (Å²) in [5.41, 5.74) is 2.27. The van der Waals surface area contributed by atoms with E-state index in [-0.39, 0.29) is 32.0 Å². The number of thioether (sulfide) groups is 1. The Bertz CT molecular complexity index is 672. The Morgan fingerprint density at radius 1 is 1.33 bits per heavy atom. The van der Waals surface area contributed by atoms with Crippen LogP contribution >= 0.6 is 39.3 Å². The van der Waals surface area contributed by atoms with Crippen molar-refractivity contribution >= 4 is 50.2 Å². The first-order valence-electron chi connectivity index (χ1n) is 4.64. The number of fused-ring (bicyclic) bond motifs is 3. The van der Waals surface area contributed by atoms with Crippen molar-refractivity contribution in [1.29, 1.82) is 0 Å². The minimum absolute atomic E-state index is 0.0808. The fourth-order valence-electron chi connectivity index (χ4n) is 1.57. The van der Waals surface area contributed by atoms with Crippen LogP contribution < -0.4 is 15.3 Å². The minimum atomic E-state index is -0.573. The molecule has 1 aliphatic heterocycles. The topological polar surface area (TPSA) is 56.3 Å². The van der Waals surface area contributed by atoms with Gasteiger partial charge in [0.15, 0.2) is 11.0 Å². The summed E-state index contributed by atoms with van der Waals surface area (Å²) < 4.78 is 14.3. The lowest BCUT2D eigenvalue weighted by molar-refractivity contribution is 0.0262. The van der Waals surface area contributed by atoms with E-state index in [1.807, 2.05) is 0 Å². The number of halogens is 3. The molecule has 5 nitrogen and oxygen atoms in total. The molecule has 0 spiro atoms. The van der Waals surface area contributed by atoms with E-state index in [1.54, 1.807) is 6.26 Å². The quantitative estimate of drug-likeness (QED) is 0.483. The van der Waals surface area contributed by atoms with Crippen LogP contribution in [0.15, 0.2) is 9.63 Å². The molecule has 0 unspecified atom stereocenters. The average molecular weight is 353 g/mol.